The first kappa shape index (κ1) is 18.3. The van der Waals surface area contributed by atoms with E-state index >= 15 is 0 Å². The maximum absolute atomic E-state index is 12.3. The van der Waals surface area contributed by atoms with Crippen LogP contribution in [0.1, 0.15) is 58.8 Å². The van der Waals surface area contributed by atoms with Gasteiger partial charge in [0.2, 0.25) is 11.8 Å². The van der Waals surface area contributed by atoms with E-state index in [-0.39, 0.29) is 0 Å². The Morgan fingerprint density at radius 2 is 1.88 bits per heavy atom. The number of carbonyl (C=O) groups excluding carboxylic acids is 2. The van der Waals surface area contributed by atoms with Gasteiger partial charge in [0.05, 0.1) is 0 Å². The van der Waals surface area contributed by atoms with E-state index in [0.717, 1.165) is 58.4 Å². The summed E-state index contributed by atoms with van der Waals surface area (Å²) in [6.07, 6.45) is 7.30. The smallest absolute Gasteiger partial charge is 0.222 e. The molecule has 3 atom stereocenters. The van der Waals surface area contributed by atoms with Crippen molar-refractivity contribution in [1.29, 1.82) is 0 Å². The standard InChI is InChI=1S/C21H35N3O2/c1-15(2)10-21(26)22-8-6-18(7-9-22)23-12-16-11-17(14-23)19-4-3-5-20(25)24(19)13-16/h15-19H,3-14H2,1-2H3/t16?,17?,19-/m1/s1. The lowest BCUT2D eigenvalue weighted by molar-refractivity contribution is -0.146. The average molecular weight is 362 g/mol. The topological polar surface area (TPSA) is 43.9 Å². The second-order valence-electron chi connectivity index (χ2n) is 9.53. The summed E-state index contributed by atoms with van der Waals surface area (Å²) in [5.41, 5.74) is 0. The number of fused-ring (bicyclic) bond motifs is 4. The molecule has 0 spiro atoms. The molecule has 5 nitrogen and oxygen atoms in total. The van der Waals surface area contributed by atoms with Gasteiger partial charge < -0.3 is 9.80 Å². The molecule has 2 unspecified atom stereocenters. The predicted molar refractivity (Wildman–Crippen MR) is 102 cm³/mol. The van der Waals surface area contributed by atoms with Gasteiger partial charge in [0.15, 0.2) is 0 Å². The van der Waals surface area contributed by atoms with Crippen LogP contribution in [0.3, 0.4) is 0 Å². The van der Waals surface area contributed by atoms with E-state index in [1.165, 1.54) is 12.8 Å². The molecule has 4 rings (SSSR count). The zero-order valence-corrected chi connectivity index (χ0v) is 16.5. The number of piperidine rings is 4. The third-order valence-electron chi connectivity index (χ3n) is 7.12. The van der Waals surface area contributed by atoms with E-state index in [1.54, 1.807) is 0 Å². The Hall–Kier alpha value is -1.10. The monoisotopic (exact) mass is 361 g/mol. The van der Waals surface area contributed by atoms with Crippen LogP contribution in [0.2, 0.25) is 0 Å². The molecule has 2 amide bonds. The summed E-state index contributed by atoms with van der Waals surface area (Å²) in [7, 11) is 0. The van der Waals surface area contributed by atoms with Crippen molar-refractivity contribution in [2.45, 2.75) is 70.9 Å². The summed E-state index contributed by atoms with van der Waals surface area (Å²) in [5.74, 6) is 2.52. The first-order valence-corrected chi connectivity index (χ1v) is 10.8. The Kier molecular flexibility index (Phi) is 5.27. The molecule has 0 aromatic carbocycles. The maximum atomic E-state index is 12.3. The number of hydrogen-bond donors (Lipinski definition) is 0. The van der Waals surface area contributed by atoms with Crippen molar-refractivity contribution in [1.82, 2.24) is 14.7 Å². The summed E-state index contributed by atoms with van der Waals surface area (Å²) in [6, 6.07) is 1.14. The number of carbonyl (C=O) groups is 2. The van der Waals surface area contributed by atoms with Crippen LogP contribution < -0.4 is 0 Å². The zero-order chi connectivity index (χ0) is 18.3. The molecule has 5 heteroatoms. The van der Waals surface area contributed by atoms with E-state index < -0.39 is 0 Å². The van der Waals surface area contributed by atoms with Crippen molar-refractivity contribution < 1.29 is 9.59 Å². The summed E-state index contributed by atoms with van der Waals surface area (Å²) in [5, 5.41) is 0. The highest BCUT2D eigenvalue weighted by Crippen LogP contribution is 2.39. The molecule has 4 fully saturated rings. The molecule has 0 N–H and O–H groups in total. The first-order chi connectivity index (χ1) is 12.5. The van der Waals surface area contributed by atoms with Gasteiger partial charge in [-0.1, -0.05) is 13.8 Å². The summed E-state index contributed by atoms with van der Waals surface area (Å²) >= 11 is 0. The highest BCUT2D eigenvalue weighted by Gasteiger charge is 2.45. The highest BCUT2D eigenvalue weighted by molar-refractivity contribution is 5.77. The minimum atomic E-state index is 0.338. The number of hydrogen-bond acceptors (Lipinski definition) is 3. The Balaban J connectivity index is 1.33. The van der Waals surface area contributed by atoms with E-state index in [1.807, 2.05) is 0 Å². The lowest BCUT2D eigenvalue weighted by Crippen LogP contribution is -2.62. The van der Waals surface area contributed by atoms with Gasteiger partial charge in [-0.2, -0.15) is 0 Å². The Morgan fingerprint density at radius 3 is 2.62 bits per heavy atom. The minimum absolute atomic E-state index is 0.338. The number of likely N-dealkylation sites (tertiary alicyclic amines) is 2. The number of nitrogens with zero attached hydrogens (tertiary/aromatic N) is 3. The zero-order valence-electron chi connectivity index (χ0n) is 16.5. The number of amides is 2. The Bertz CT molecular complexity index is 541. The fourth-order valence-electron chi connectivity index (χ4n) is 5.90. The first-order valence-electron chi connectivity index (χ1n) is 10.8. The molecule has 2 bridgehead atoms. The molecule has 0 aromatic heterocycles. The largest absolute Gasteiger partial charge is 0.343 e. The van der Waals surface area contributed by atoms with Gasteiger partial charge >= 0.3 is 0 Å². The van der Waals surface area contributed by atoms with Crippen molar-refractivity contribution in [3.8, 4) is 0 Å². The van der Waals surface area contributed by atoms with Crippen LogP contribution in [0.25, 0.3) is 0 Å². The predicted octanol–water partition coefficient (Wildman–Crippen LogP) is 2.36. The van der Waals surface area contributed by atoms with Crippen LogP contribution in [-0.2, 0) is 9.59 Å². The quantitative estimate of drug-likeness (QED) is 0.775. The molecule has 4 heterocycles. The molecule has 0 saturated carbocycles. The van der Waals surface area contributed by atoms with Crippen molar-refractivity contribution >= 4 is 11.8 Å². The van der Waals surface area contributed by atoms with Gasteiger partial charge in [-0.15, -0.1) is 0 Å². The molecule has 0 radical (unpaired) electrons. The lowest BCUT2D eigenvalue weighted by atomic mass is 9.75. The fourth-order valence-corrected chi connectivity index (χ4v) is 5.90. The maximum Gasteiger partial charge on any atom is 0.222 e. The summed E-state index contributed by atoms with van der Waals surface area (Å²) < 4.78 is 0. The molecule has 146 valence electrons. The van der Waals surface area contributed by atoms with Crippen LogP contribution in [0.4, 0.5) is 0 Å². The molecule has 26 heavy (non-hydrogen) atoms. The summed E-state index contributed by atoms with van der Waals surface area (Å²) in [4.78, 5) is 31.6. The highest BCUT2D eigenvalue weighted by atomic mass is 16.2. The van der Waals surface area contributed by atoms with E-state index in [2.05, 4.69) is 28.5 Å². The van der Waals surface area contributed by atoms with E-state index in [0.29, 0.717) is 48.1 Å². The Morgan fingerprint density at radius 1 is 1.12 bits per heavy atom. The van der Waals surface area contributed by atoms with Crippen molar-refractivity contribution in [2.75, 3.05) is 32.7 Å². The second kappa shape index (κ2) is 7.49. The third kappa shape index (κ3) is 3.64. The van der Waals surface area contributed by atoms with Crippen LogP contribution in [0.5, 0.6) is 0 Å². The van der Waals surface area contributed by atoms with Crippen LogP contribution in [0, 0.1) is 17.8 Å². The number of rotatable bonds is 3. The van der Waals surface area contributed by atoms with Crippen molar-refractivity contribution in [3.05, 3.63) is 0 Å². The fraction of sp³-hybridized carbons (Fsp3) is 0.905. The van der Waals surface area contributed by atoms with E-state index in [4.69, 9.17) is 0 Å². The second-order valence-corrected chi connectivity index (χ2v) is 9.53. The molecule has 0 aromatic rings. The van der Waals surface area contributed by atoms with Gasteiger partial charge in [-0.05, 0) is 49.9 Å². The Labute approximate surface area is 158 Å². The van der Waals surface area contributed by atoms with Gasteiger partial charge in [-0.25, -0.2) is 0 Å². The van der Waals surface area contributed by atoms with Gasteiger partial charge in [0, 0.05) is 57.6 Å². The van der Waals surface area contributed by atoms with Crippen molar-refractivity contribution in [2.24, 2.45) is 17.8 Å². The van der Waals surface area contributed by atoms with Gasteiger partial charge in [0.25, 0.3) is 0 Å². The molecular weight excluding hydrogens is 326 g/mol. The van der Waals surface area contributed by atoms with Crippen molar-refractivity contribution in [3.63, 3.8) is 0 Å². The summed E-state index contributed by atoms with van der Waals surface area (Å²) in [6.45, 7) is 9.40. The average Bonchev–Trinajstić information content (AvgIpc) is 2.62. The van der Waals surface area contributed by atoms with Crippen LogP contribution >= 0.6 is 0 Å². The normalized spacial score (nSPS) is 33.5. The molecule has 0 aliphatic carbocycles. The molecule has 4 saturated heterocycles. The molecule has 4 aliphatic heterocycles. The SMILES string of the molecule is CC(C)CC(=O)N1CCC(N2CC3CC(C2)[C@H]2CCCC(=O)N2C3)CC1. The van der Waals surface area contributed by atoms with Crippen LogP contribution in [-0.4, -0.2) is 71.3 Å². The molecular formula is C21H35N3O2. The minimum Gasteiger partial charge on any atom is -0.343 e. The van der Waals surface area contributed by atoms with E-state index in [9.17, 15) is 9.59 Å². The van der Waals surface area contributed by atoms with Gasteiger partial charge in [0.1, 0.15) is 0 Å². The van der Waals surface area contributed by atoms with Crippen LogP contribution in [0.15, 0.2) is 0 Å². The molecule has 4 aliphatic rings. The lowest BCUT2D eigenvalue weighted by Gasteiger charge is -2.54. The van der Waals surface area contributed by atoms with Gasteiger partial charge in [-0.3, -0.25) is 14.5 Å². The third-order valence-corrected chi connectivity index (χ3v) is 7.12.